The SMILES string of the molecule is CCCOP(OCCCCCCO[C@@H]1OC(CC)[C@H](C)C(OC(C)=O)C1N)OCCCOCC(C[O-])(COCCCOPOCCC#N)COCCCOP(OCCC)OCCCCCCO[C@@H]1OC(CC)CC(CC)(OC(C)=O)C1N. The summed E-state index contributed by atoms with van der Waals surface area (Å²) in [5.74, 6) is -0.742. The van der Waals surface area contributed by atoms with E-state index in [-0.39, 0.29) is 58.9 Å². The maximum absolute atomic E-state index is 12.9. The second-order valence-corrected chi connectivity index (χ2v) is 24.0. The van der Waals surface area contributed by atoms with E-state index >= 15 is 0 Å². The van der Waals surface area contributed by atoms with Crippen LogP contribution >= 0.6 is 26.2 Å². The quantitative estimate of drug-likeness (QED) is 0.0326. The molecule has 0 bridgehead atoms. The van der Waals surface area contributed by atoms with Crippen molar-refractivity contribution in [2.24, 2.45) is 22.8 Å². The highest BCUT2D eigenvalue weighted by Gasteiger charge is 2.50. The fourth-order valence-electron chi connectivity index (χ4n) is 8.94. The van der Waals surface area contributed by atoms with Crippen molar-refractivity contribution in [3.63, 3.8) is 0 Å². The van der Waals surface area contributed by atoms with Crippen molar-refractivity contribution in [2.45, 2.75) is 220 Å². The highest BCUT2D eigenvalue weighted by molar-refractivity contribution is 7.41. The number of carbonyl (C=O) groups is 2. The third-order valence-corrected chi connectivity index (χ3v) is 16.6. The number of nitriles is 1. The molecule has 0 aromatic carbocycles. The van der Waals surface area contributed by atoms with Crippen molar-refractivity contribution in [3.05, 3.63) is 0 Å². The van der Waals surface area contributed by atoms with Gasteiger partial charge in [0.2, 0.25) is 0 Å². The Bertz CT molecular complexity index is 1620. The molecule has 0 aromatic rings. The molecule has 13 atom stereocenters. The number of nitrogens with two attached hydrogens (primary N) is 2. The first-order valence-corrected chi connectivity index (χ1v) is 33.2. The predicted molar refractivity (Wildman–Crippen MR) is 311 cm³/mol. The smallest absolute Gasteiger partial charge is 0.332 e. The molecule has 0 aromatic heterocycles. The molecule has 10 unspecified atom stereocenters. The average Bonchev–Trinajstić information content (AvgIpc) is 3.66. The van der Waals surface area contributed by atoms with Crippen LogP contribution in [0.1, 0.15) is 171 Å². The van der Waals surface area contributed by atoms with Gasteiger partial charge in [-0.05, 0) is 77.0 Å². The second-order valence-electron chi connectivity index (χ2n) is 20.8. The third-order valence-electron chi connectivity index (χ3n) is 13.6. The number of carbonyl (C=O) groups excluding carboxylic acids is 2. The van der Waals surface area contributed by atoms with Crippen LogP contribution in [0.4, 0.5) is 0 Å². The van der Waals surface area contributed by atoms with Gasteiger partial charge in [-0.25, -0.2) is 0 Å². The zero-order valence-electron chi connectivity index (χ0n) is 51.0. The van der Waals surface area contributed by atoms with E-state index in [0.29, 0.717) is 124 Å². The van der Waals surface area contributed by atoms with Gasteiger partial charge in [0.05, 0.1) is 109 Å². The zero-order chi connectivity index (χ0) is 60.1. The minimum atomic E-state index is -1.54. The van der Waals surface area contributed by atoms with Gasteiger partial charge in [-0.15, -0.1) is 6.61 Å². The summed E-state index contributed by atoms with van der Waals surface area (Å²) in [6.07, 6.45) is 11.4. The Labute approximate surface area is 496 Å². The topological polar surface area (TPSA) is 290 Å². The Hall–Kier alpha value is -1.00. The van der Waals surface area contributed by atoms with Crippen molar-refractivity contribution in [3.8, 4) is 6.07 Å². The molecule has 2 aliphatic heterocycles. The molecule has 2 heterocycles. The number of ether oxygens (including phenoxy) is 9. The van der Waals surface area contributed by atoms with E-state index in [2.05, 4.69) is 0 Å². The van der Waals surface area contributed by atoms with Crippen molar-refractivity contribution < 1.29 is 93.5 Å². The molecular weight excluding hydrogens is 1130 g/mol. The lowest BCUT2D eigenvalue weighted by molar-refractivity contribution is -0.401. The fourth-order valence-corrected chi connectivity index (χ4v) is 11.7. The summed E-state index contributed by atoms with van der Waals surface area (Å²) in [6, 6.07) is 0.895. The first-order valence-electron chi connectivity index (χ1n) is 30.2. The molecule has 2 aliphatic rings. The fraction of sp³-hybridized carbons (Fsp3) is 0.946. The van der Waals surface area contributed by atoms with E-state index in [1.54, 1.807) is 0 Å². The van der Waals surface area contributed by atoms with Crippen molar-refractivity contribution in [2.75, 3.05) is 112 Å². The number of hydrogen-bond acceptors (Lipinski definition) is 23. The summed E-state index contributed by atoms with van der Waals surface area (Å²) in [4.78, 5) is 23.7. The Kier molecular flexibility index (Phi) is 46.0. The molecule has 26 heteroatoms. The second kappa shape index (κ2) is 48.9. The van der Waals surface area contributed by atoms with Gasteiger partial charge in [-0.2, -0.15) is 5.26 Å². The molecular formula is C56H107N3O20P3-. The molecule has 2 rings (SSSR count). The predicted octanol–water partition coefficient (Wildman–Crippen LogP) is 9.13. The summed E-state index contributed by atoms with van der Waals surface area (Å²) in [5.41, 5.74) is 11.2. The van der Waals surface area contributed by atoms with Gasteiger partial charge in [0.15, 0.2) is 21.6 Å². The Balaban J connectivity index is 1.76. The highest BCUT2D eigenvalue weighted by Crippen LogP contribution is 2.42. The minimum absolute atomic E-state index is 0.0244. The van der Waals surface area contributed by atoms with Gasteiger partial charge >= 0.3 is 29.1 Å². The lowest BCUT2D eigenvalue weighted by atomic mass is 9.82. The van der Waals surface area contributed by atoms with Gasteiger partial charge in [-0.1, -0.05) is 67.2 Å². The van der Waals surface area contributed by atoms with Crippen LogP contribution in [0, 0.1) is 22.7 Å². The summed E-state index contributed by atoms with van der Waals surface area (Å²) in [6.45, 7) is 20.3. The molecule has 482 valence electrons. The highest BCUT2D eigenvalue weighted by atomic mass is 31.2. The minimum Gasteiger partial charge on any atom is -0.854 e. The van der Waals surface area contributed by atoms with Gasteiger partial charge in [-0.3, -0.25) is 9.59 Å². The summed E-state index contributed by atoms with van der Waals surface area (Å²) < 4.78 is 101. The number of rotatable bonds is 54. The molecule has 2 saturated heterocycles. The zero-order valence-corrected chi connectivity index (χ0v) is 53.8. The van der Waals surface area contributed by atoms with Gasteiger partial charge < -0.3 is 95.4 Å². The monoisotopic (exact) mass is 1230 g/mol. The Morgan fingerprint density at radius 1 is 0.634 bits per heavy atom. The van der Waals surface area contributed by atoms with E-state index in [1.165, 1.54) is 13.8 Å². The van der Waals surface area contributed by atoms with Gasteiger partial charge in [0.25, 0.3) is 0 Å². The first-order chi connectivity index (χ1) is 39.8. The molecule has 2 fully saturated rings. The van der Waals surface area contributed by atoms with Crippen LogP contribution in [0.15, 0.2) is 0 Å². The van der Waals surface area contributed by atoms with E-state index in [1.807, 2.05) is 47.6 Å². The Morgan fingerprint density at radius 2 is 1.12 bits per heavy atom. The molecule has 82 heavy (non-hydrogen) atoms. The van der Waals surface area contributed by atoms with Crippen LogP contribution in [0.3, 0.4) is 0 Å². The van der Waals surface area contributed by atoms with E-state index in [4.69, 9.17) is 95.6 Å². The van der Waals surface area contributed by atoms with Crippen molar-refractivity contribution in [1.29, 1.82) is 5.26 Å². The largest absolute Gasteiger partial charge is 0.854 e. The number of esters is 2. The molecule has 0 aliphatic carbocycles. The number of unbranched alkanes of at least 4 members (excludes halogenated alkanes) is 6. The van der Waals surface area contributed by atoms with Crippen LogP contribution in [-0.4, -0.2) is 173 Å². The summed E-state index contributed by atoms with van der Waals surface area (Å²) in [7, 11) is -3.24. The van der Waals surface area contributed by atoms with Crippen LogP contribution in [0.5, 0.6) is 0 Å². The lowest BCUT2D eigenvalue weighted by Crippen LogP contribution is -2.63. The number of hydrogen-bond donors (Lipinski definition) is 2. The van der Waals surface area contributed by atoms with Crippen LogP contribution in [0.25, 0.3) is 0 Å². The van der Waals surface area contributed by atoms with E-state index < -0.39 is 65.6 Å². The molecule has 0 spiro atoms. The molecule has 0 radical (unpaired) electrons. The van der Waals surface area contributed by atoms with Crippen LogP contribution in [0.2, 0.25) is 0 Å². The number of nitrogens with zero attached hydrogens (tertiary/aromatic N) is 1. The molecule has 0 amide bonds. The molecule has 0 saturated carbocycles. The molecule has 4 N–H and O–H groups in total. The lowest BCUT2D eigenvalue weighted by Gasteiger charge is -2.47. The third kappa shape index (κ3) is 33.4. The van der Waals surface area contributed by atoms with Crippen LogP contribution in [-0.2, 0) is 88.4 Å². The molecule has 23 nitrogen and oxygen atoms in total. The normalized spacial score (nSPS) is 24.6. The van der Waals surface area contributed by atoms with E-state index in [9.17, 15) is 14.7 Å². The summed E-state index contributed by atoms with van der Waals surface area (Å²) in [5, 5.41) is 21.6. The average molecular weight is 1240 g/mol. The maximum atomic E-state index is 12.9. The standard InChI is InChI=1S/C56H107N3O20P3/c1-9-27-70-81(72-36-20-16-14-18-32-66-53-50(58)51(76-46(7)61)45(6)49(12-4)78-53)74-38-24-30-64-43-55(41-60,42-63-29-23-35-69-80-68-34-22-26-57)44-65-31-25-39-75-82(71-28-10-2)73-37-21-17-15-19-33-67-54-52(59)56(13-5,79-47(8)62)40-48(11-3)77-54/h45,48-54,80H,9-25,27-44,58-59H2,1-8H3/q-1/t45-,48?,49?,50?,51?,52?,53+,54+,55?,56?,81?,82?/m0/s1. The van der Waals surface area contributed by atoms with Crippen molar-refractivity contribution in [1.82, 2.24) is 0 Å². The Morgan fingerprint density at radius 3 is 1.59 bits per heavy atom. The van der Waals surface area contributed by atoms with Gasteiger partial charge in [0, 0.05) is 64.6 Å². The maximum Gasteiger partial charge on any atom is 0.332 e. The van der Waals surface area contributed by atoms with E-state index in [0.717, 1.165) is 77.0 Å². The van der Waals surface area contributed by atoms with Crippen molar-refractivity contribution >= 4 is 38.2 Å². The van der Waals surface area contributed by atoms with Crippen LogP contribution < -0.4 is 16.6 Å². The van der Waals surface area contributed by atoms with Gasteiger partial charge in [0.1, 0.15) is 11.7 Å². The summed E-state index contributed by atoms with van der Waals surface area (Å²) >= 11 is 0. The first kappa shape index (κ1) is 77.1.